The Kier molecular flexibility index (Phi) is 8.15. The number of ether oxygens (including phenoxy) is 2. The first-order valence-corrected chi connectivity index (χ1v) is 9.57. The van der Waals surface area contributed by atoms with Gasteiger partial charge in [0, 0.05) is 24.3 Å². The Bertz CT molecular complexity index is 871. The van der Waals surface area contributed by atoms with Crippen molar-refractivity contribution in [1.29, 1.82) is 0 Å². The van der Waals surface area contributed by atoms with Crippen molar-refractivity contribution in [1.82, 2.24) is 0 Å². The number of carbonyl (C=O) groups is 2. The van der Waals surface area contributed by atoms with Gasteiger partial charge in [-0.2, -0.15) is 0 Å². The van der Waals surface area contributed by atoms with Crippen molar-refractivity contribution < 1.29 is 19.1 Å². The van der Waals surface area contributed by atoms with E-state index in [0.717, 1.165) is 16.9 Å². The number of primary amides is 1. The quantitative estimate of drug-likeness (QED) is 0.543. The summed E-state index contributed by atoms with van der Waals surface area (Å²) in [6.07, 6.45) is 0.472. The monoisotopic (exact) mass is 419 g/mol. The molecule has 29 heavy (non-hydrogen) atoms. The van der Waals surface area contributed by atoms with Crippen LogP contribution in [0, 0.1) is 5.92 Å². The van der Waals surface area contributed by atoms with Gasteiger partial charge < -0.3 is 25.8 Å². The number of halogens is 1. The molecule has 0 radical (unpaired) electrons. The summed E-state index contributed by atoms with van der Waals surface area (Å²) in [7, 11) is 1.49. The molecule has 0 atom stereocenters. The first-order valence-electron chi connectivity index (χ1n) is 9.19. The number of nitrogens with two attached hydrogens (primary N) is 1. The van der Waals surface area contributed by atoms with Crippen LogP contribution in [0.2, 0.25) is 5.02 Å². The van der Waals surface area contributed by atoms with Gasteiger partial charge >= 0.3 is 0 Å². The Morgan fingerprint density at radius 1 is 1.17 bits per heavy atom. The van der Waals surface area contributed by atoms with E-state index < -0.39 is 5.91 Å². The number of methoxy groups -OCH3 is 1. The Morgan fingerprint density at radius 2 is 1.90 bits per heavy atom. The lowest BCUT2D eigenvalue weighted by Gasteiger charge is -2.14. The zero-order valence-electron chi connectivity index (χ0n) is 16.8. The smallest absolute Gasteiger partial charge is 0.255 e. The summed E-state index contributed by atoms with van der Waals surface area (Å²) in [6.45, 7) is 4.18. The minimum Gasteiger partial charge on any atom is -0.493 e. The van der Waals surface area contributed by atoms with Crippen LogP contribution in [0.5, 0.6) is 11.5 Å². The van der Waals surface area contributed by atoms with Crippen LogP contribution in [-0.2, 0) is 16.1 Å². The van der Waals surface area contributed by atoms with E-state index in [4.69, 9.17) is 26.8 Å². The fourth-order valence-corrected chi connectivity index (χ4v) is 2.94. The van der Waals surface area contributed by atoms with E-state index >= 15 is 0 Å². The van der Waals surface area contributed by atoms with E-state index in [2.05, 4.69) is 10.6 Å². The number of nitrogens with one attached hydrogen (secondary N) is 2. The number of carbonyl (C=O) groups excluding carboxylic acids is 2. The SMILES string of the molecule is COc1cc(CNc2cccc(NC(=O)CC(C)C)c2)cc(Cl)c1OCC(N)=O. The van der Waals surface area contributed by atoms with Crippen LogP contribution < -0.4 is 25.8 Å². The van der Waals surface area contributed by atoms with Gasteiger partial charge in [0.15, 0.2) is 18.1 Å². The number of hydrogen-bond donors (Lipinski definition) is 3. The molecule has 2 rings (SSSR count). The Hall–Kier alpha value is -2.93. The predicted octanol–water partition coefficient (Wildman–Crippen LogP) is 3.81. The zero-order chi connectivity index (χ0) is 21.4. The molecule has 0 bridgehead atoms. The molecule has 0 aromatic heterocycles. The molecular formula is C21H26ClN3O4. The maximum Gasteiger partial charge on any atom is 0.255 e. The maximum atomic E-state index is 11.9. The summed E-state index contributed by atoms with van der Waals surface area (Å²) in [6, 6.07) is 11.0. The highest BCUT2D eigenvalue weighted by atomic mass is 35.5. The number of hydrogen-bond acceptors (Lipinski definition) is 5. The van der Waals surface area contributed by atoms with Gasteiger partial charge in [0.1, 0.15) is 0 Å². The standard InChI is InChI=1S/C21H26ClN3O4/c1-13(2)7-20(27)25-16-6-4-5-15(10-16)24-11-14-8-17(22)21(18(9-14)28-3)29-12-19(23)26/h4-6,8-10,13,24H,7,11-12H2,1-3H3,(H2,23,26)(H,25,27). The molecule has 2 aromatic rings. The normalized spacial score (nSPS) is 10.5. The minimum absolute atomic E-state index is 0.0137. The van der Waals surface area contributed by atoms with Crippen molar-refractivity contribution in [3.05, 3.63) is 47.0 Å². The van der Waals surface area contributed by atoms with Gasteiger partial charge in [0.2, 0.25) is 5.91 Å². The van der Waals surface area contributed by atoms with Gasteiger partial charge in [-0.3, -0.25) is 9.59 Å². The van der Waals surface area contributed by atoms with Crippen molar-refractivity contribution >= 4 is 34.8 Å². The van der Waals surface area contributed by atoms with Crippen LogP contribution in [0.1, 0.15) is 25.8 Å². The minimum atomic E-state index is -0.603. The third-order valence-corrected chi connectivity index (χ3v) is 4.17. The van der Waals surface area contributed by atoms with E-state index in [-0.39, 0.29) is 18.3 Å². The summed E-state index contributed by atoms with van der Waals surface area (Å²) in [5.74, 6) is 0.359. The van der Waals surface area contributed by atoms with E-state index in [9.17, 15) is 9.59 Å². The summed E-state index contributed by atoms with van der Waals surface area (Å²) >= 11 is 6.27. The highest BCUT2D eigenvalue weighted by Crippen LogP contribution is 2.36. The molecule has 0 saturated carbocycles. The lowest BCUT2D eigenvalue weighted by Crippen LogP contribution is -2.20. The summed E-state index contributed by atoms with van der Waals surface area (Å²) in [4.78, 5) is 22.9. The second-order valence-corrected chi connectivity index (χ2v) is 7.35. The topological polar surface area (TPSA) is 103 Å². The molecule has 0 spiro atoms. The first kappa shape index (κ1) is 22.4. The molecule has 8 heteroatoms. The van der Waals surface area contributed by atoms with E-state index in [1.807, 2.05) is 38.1 Å². The highest BCUT2D eigenvalue weighted by molar-refractivity contribution is 6.32. The van der Waals surface area contributed by atoms with Gasteiger partial charge in [0.05, 0.1) is 12.1 Å². The van der Waals surface area contributed by atoms with Crippen LogP contribution in [0.4, 0.5) is 11.4 Å². The molecule has 0 aliphatic rings. The average molecular weight is 420 g/mol. The largest absolute Gasteiger partial charge is 0.493 e. The summed E-state index contributed by atoms with van der Waals surface area (Å²) < 4.78 is 10.6. The second-order valence-electron chi connectivity index (χ2n) is 6.94. The van der Waals surface area contributed by atoms with E-state index in [1.165, 1.54) is 7.11 Å². The zero-order valence-corrected chi connectivity index (χ0v) is 17.5. The van der Waals surface area contributed by atoms with Gasteiger partial charge in [-0.05, 0) is 41.8 Å². The predicted molar refractivity (Wildman–Crippen MR) is 115 cm³/mol. The van der Waals surface area contributed by atoms with Crippen LogP contribution >= 0.6 is 11.6 Å². The lowest BCUT2D eigenvalue weighted by atomic mass is 10.1. The average Bonchev–Trinajstić information content (AvgIpc) is 2.64. The molecule has 4 N–H and O–H groups in total. The molecule has 2 amide bonds. The first-order chi connectivity index (χ1) is 13.8. The van der Waals surface area contributed by atoms with Gasteiger partial charge in [-0.25, -0.2) is 0 Å². The molecule has 0 saturated heterocycles. The van der Waals surface area contributed by atoms with Crippen molar-refractivity contribution in [3.63, 3.8) is 0 Å². The van der Waals surface area contributed by atoms with Crippen molar-refractivity contribution in [2.45, 2.75) is 26.8 Å². The highest BCUT2D eigenvalue weighted by Gasteiger charge is 2.13. The number of benzene rings is 2. The fraction of sp³-hybridized carbons (Fsp3) is 0.333. The number of rotatable bonds is 10. The van der Waals surface area contributed by atoms with Crippen LogP contribution in [0.15, 0.2) is 36.4 Å². The van der Waals surface area contributed by atoms with Crippen LogP contribution in [0.3, 0.4) is 0 Å². The molecule has 7 nitrogen and oxygen atoms in total. The van der Waals surface area contributed by atoms with Gasteiger partial charge in [0.25, 0.3) is 5.91 Å². The fourth-order valence-electron chi connectivity index (χ4n) is 2.65. The number of anilines is 2. The van der Waals surface area contributed by atoms with Crippen molar-refractivity contribution in [2.24, 2.45) is 11.7 Å². The Morgan fingerprint density at radius 3 is 2.55 bits per heavy atom. The van der Waals surface area contributed by atoms with Gasteiger partial charge in [-0.15, -0.1) is 0 Å². The van der Waals surface area contributed by atoms with Gasteiger partial charge in [-0.1, -0.05) is 31.5 Å². The summed E-state index contributed by atoms with van der Waals surface area (Å²) in [5, 5.41) is 6.50. The number of amides is 2. The molecule has 0 aliphatic carbocycles. The molecule has 2 aromatic carbocycles. The van der Waals surface area contributed by atoms with Crippen molar-refractivity contribution in [2.75, 3.05) is 24.4 Å². The Balaban J connectivity index is 2.06. The molecular weight excluding hydrogens is 394 g/mol. The maximum absolute atomic E-state index is 11.9. The molecule has 0 aliphatic heterocycles. The summed E-state index contributed by atoms with van der Waals surface area (Å²) in [5.41, 5.74) is 7.53. The molecule has 0 fully saturated rings. The van der Waals surface area contributed by atoms with Crippen molar-refractivity contribution in [3.8, 4) is 11.5 Å². The third-order valence-electron chi connectivity index (χ3n) is 3.88. The second kappa shape index (κ2) is 10.6. The third kappa shape index (κ3) is 7.19. The lowest BCUT2D eigenvalue weighted by molar-refractivity contribution is -0.120. The molecule has 0 unspecified atom stereocenters. The molecule has 0 heterocycles. The van der Waals surface area contributed by atoms with Crippen LogP contribution in [0.25, 0.3) is 0 Å². The van der Waals surface area contributed by atoms with E-state index in [1.54, 1.807) is 12.1 Å². The molecule has 156 valence electrons. The van der Waals surface area contributed by atoms with Crippen LogP contribution in [-0.4, -0.2) is 25.5 Å². The Labute approximate surface area is 175 Å². The van der Waals surface area contributed by atoms with E-state index in [0.29, 0.717) is 29.7 Å².